The van der Waals surface area contributed by atoms with E-state index in [2.05, 4.69) is 10.2 Å². The molecule has 2 atom stereocenters. The standard InChI is InChI=1S/C14H25F3N2/c1-13(2)10-19(7-5-12(13)14(15,16)17)9-11-4-3-6-18-8-11/h11-12,18H,3-10H2,1-2H3. The van der Waals surface area contributed by atoms with E-state index in [1.165, 1.54) is 12.8 Å². The fraction of sp³-hybridized carbons (Fsp3) is 1.00. The van der Waals surface area contributed by atoms with E-state index in [4.69, 9.17) is 0 Å². The molecule has 2 saturated heterocycles. The fourth-order valence-corrected chi connectivity index (χ4v) is 3.68. The van der Waals surface area contributed by atoms with Crippen LogP contribution in [0.1, 0.15) is 33.1 Å². The number of nitrogens with one attached hydrogen (secondary N) is 1. The summed E-state index contributed by atoms with van der Waals surface area (Å²) in [5, 5.41) is 3.37. The molecule has 0 bridgehead atoms. The fourth-order valence-electron chi connectivity index (χ4n) is 3.68. The van der Waals surface area contributed by atoms with Gasteiger partial charge in [-0.3, -0.25) is 0 Å². The van der Waals surface area contributed by atoms with E-state index in [0.717, 1.165) is 19.6 Å². The molecule has 19 heavy (non-hydrogen) atoms. The number of hydrogen-bond acceptors (Lipinski definition) is 2. The predicted octanol–water partition coefficient (Wildman–Crippen LogP) is 2.90. The Balaban J connectivity index is 1.90. The first kappa shape index (κ1) is 15.1. The minimum atomic E-state index is -4.05. The maximum atomic E-state index is 13.0. The smallest absolute Gasteiger partial charge is 0.316 e. The van der Waals surface area contributed by atoms with Gasteiger partial charge in [-0.2, -0.15) is 13.2 Å². The largest absolute Gasteiger partial charge is 0.392 e. The summed E-state index contributed by atoms with van der Waals surface area (Å²) >= 11 is 0. The Hall–Kier alpha value is -0.290. The molecule has 2 nitrogen and oxygen atoms in total. The van der Waals surface area contributed by atoms with Crippen LogP contribution < -0.4 is 5.32 Å². The summed E-state index contributed by atoms with van der Waals surface area (Å²) in [7, 11) is 0. The van der Waals surface area contributed by atoms with Crippen LogP contribution in [0, 0.1) is 17.3 Å². The van der Waals surface area contributed by atoms with Gasteiger partial charge in [0.1, 0.15) is 0 Å². The summed E-state index contributed by atoms with van der Waals surface area (Å²) in [6.45, 7) is 7.71. The van der Waals surface area contributed by atoms with Crippen LogP contribution in [0.4, 0.5) is 13.2 Å². The average molecular weight is 278 g/mol. The van der Waals surface area contributed by atoms with Gasteiger partial charge in [-0.25, -0.2) is 0 Å². The number of halogens is 3. The van der Waals surface area contributed by atoms with Crippen molar-refractivity contribution < 1.29 is 13.2 Å². The van der Waals surface area contributed by atoms with E-state index >= 15 is 0 Å². The van der Waals surface area contributed by atoms with Gasteiger partial charge in [0.25, 0.3) is 0 Å². The highest BCUT2D eigenvalue weighted by Gasteiger charge is 2.51. The van der Waals surface area contributed by atoms with Crippen molar-refractivity contribution in [2.24, 2.45) is 17.3 Å². The van der Waals surface area contributed by atoms with Crippen molar-refractivity contribution >= 4 is 0 Å². The molecule has 0 spiro atoms. The topological polar surface area (TPSA) is 15.3 Å². The molecule has 1 N–H and O–H groups in total. The molecule has 5 heteroatoms. The monoisotopic (exact) mass is 278 g/mol. The Bertz CT molecular complexity index is 296. The van der Waals surface area contributed by atoms with Crippen molar-refractivity contribution in [2.45, 2.75) is 39.3 Å². The van der Waals surface area contributed by atoms with Crippen LogP contribution in [0.15, 0.2) is 0 Å². The Labute approximate surface area is 113 Å². The molecule has 2 aliphatic heterocycles. The van der Waals surface area contributed by atoms with Gasteiger partial charge in [-0.05, 0) is 50.2 Å². The molecule has 0 aromatic heterocycles. The van der Waals surface area contributed by atoms with Crippen LogP contribution in [-0.4, -0.2) is 43.8 Å². The van der Waals surface area contributed by atoms with Gasteiger partial charge in [0, 0.05) is 13.1 Å². The van der Waals surface area contributed by atoms with Crippen LogP contribution in [0.2, 0.25) is 0 Å². The third-order valence-electron chi connectivity index (χ3n) is 4.62. The number of rotatable bonds is 2. The third kappa shape index (κ3) is 3.85. The number of alkyl halides is 3. The first-order valence-corrected chi connectivity index (χ1v) is 7.29. The molecule has 0 radical (unpaired) electrons. The molecule has 2 heterocycles. The minimum absolute atomic E-state index is 0.247. The van der Waals surface area contributed by atoms with Crippen LogP contribution in [0.25, 0.3) is 0 Å². The van der Waals surface area contributed by atoms with Crippen molar-refractivity contribution in [3.63, 3.8) is 0 Å². The van der Waals surface area contributed by atoms with Gasteiger partial charge in [0.15, 0.2) is 0 Å². The number of piperidine rings is 2. The van der Waals surface area contributed by atoms with E-state index in [1.54, 1.807) is 13.8 Å². The lowest BCUT2D eigenvalue weighted by molar-refractivity contribution is -0.217. The highest BCUT2D eigenvalue weighted by molar-refractivity contribution is 4.91. The lowest BCUT2D eigenvalue weighted by Crippen LogP contribution is -2.52. The second kappa shape index (κ2) is 5.60. The number of likely N-dealkylation sites (tertiary alicyclic amines) is 1. The third-order valence-corrected chi connectivity index (χ3v) is 4.62. The molecule has 112 valence electrons. The van der Waals surface area contributed by atoms with E-state index in [1.807, 2.05) is 0 Å². The number of nitrogens with zero attached hydrogens (tertiary/aromatic N) is 1. The number of hydrogen-bond donors (Lipinski definition) is 1. The van der Waals surface area contributed by atoms with Crippen LogP contribution in [-0.2, 0) is 0 Å². The second-order valence-corrected chi connectivity index (χ2v) is 6.82. The molecule has 0 aromatic carbocycles. The highest BCUT2D eigenvalue weighted by atomic mass is 19.4. The summed E-state index contributed by atoms with van der Waals surface area (Å²) in [4.78, 5) is 2.24. The van der Waals surface area contributed by atoms with Crippen molar-refractivity contribution in [3.8, 4) is 0 Å². The average Bonchev–Trinajstić information content (AvgIpc) is 2.27. The summed E-state index contributed by atoms with van der Waals surface area (Å²) in [5.41, 5.74) is -0.668. The summed E-state index contributed by atoms with van der Waals surface area (Å²) < 4.78 is 39.0. The summed E-state index contributed by atoms with van der Waals surface area (Å²) in [6, 6.07) is 0. The van der Waals surface area contributed by atoms with Crippen LogP contribution in [0.3, 0.4) is 0 Å². The molecule has 0 aromatic rings. The van der Waals surface area contributed by atoms with Crippen LogP contribution >= 0.6 is 0 Å². The van der Waals surface area contributed by atoms with Crippen molar-refractivity contribution in [3.05, 3.63) is 0 Å². The lowest BCUT2D eigenvalue weighted by atomic mass is 9.73. The van der Waals surface area contributed by atoms with Gasteiger partial charge < -0.3 is 10.2 Å². The Morgan fingerprint density at radius 3 is 2.53 bits per heavy atom. The van der Waals surface area contributed by atoms with Gasteiger partial charge >= 0.3 is 6.18 Å². The molecule has 2 unspecified atom stereocenters. The quantitative estimate of drug-likeness (QED) is 0.835. The first-order valence-electron chi connectivity index (χ1n) is 7.29. The molecular weight excluding hydrogens is 253 g/mol. The second-order valence-electron chi connectivity index (χ2n) is 6.82. The molecule has 0 amide bonds. The minimum Gasteiger partial charge on any atom is -0.316 e. The Morgan fingerprint density at radius 2 is 2.00 bits per heavy atom. The zero-order valence-electron chi connectivity index (χ0n) is 11.9. The van der Waals surface area contributed by atoms with Crippen molar-refractivity contribution in [1.82, 2.24) is 10.2 Å². The van der Waals surface area contributed by atoms with E-state index in [-0.39, 0.29) is 6.42 Å². The maximum Gasteiger partial charge on any atom is 0.392 e. The van der Waals surface area contributed by atoms with E-state index in [0.29, 0.717) is 19.0 Å². The molecule has 0 saturated carbocycles. The normalized spacial score (nSPS) is 33.3. The van der Waals surface area contributed by atoms with Gasteiger partial charge in [0.2, 0.25) is 0 Å². The first-order chi connectivity index (χ1) is 8.79. The van der Waals surface area contributed by atoms with Crippen molar-refractivity contribution in [1.29, 1.82) is 0 Å². The Morgan fingerprint density at radius 1 is 1.26 bits per heavy atom. The van der Waals surface area contributed by atoms with Crippen molar-refractivity contribution in [2.75, 3.05) is 32.7 Å². The zero-order chi connectivity index (χ0) is 14.1. The van der Waals surface area contributed by atoms with Gasteiger partial charge in [-0.1, -0.05) is 13.8 Å². The highest BCUT2D eigenvalue weighted by Crippen LogP contribution is 2.45. The van der Waals surface area contributed by atoms with Gasteiger partial charge in [-0.15, -0.1) is 0 Å². The zero-order valence-corrected chi connectivity index (χ0v) is 11.9. The van der Waals surface area contributed by atoms with Crippen LogP contribution in [0.5, 0.6) is 0 Å². The van der Waals surface area contributed by atoms with E-state index < -0.39 is 17.5 Å². The lowest BCUT2D eigenvalue weighted by Gasteiger charge is -2.46. The summed E-state index contributed by atoms with van der Waals surface area (Å²) in [5.74, 6) is -0.548. The Kier molecular flexibility index (Phi) is 4.45. The summed E-state index contributed by atoms with van der Waals surface area (Å²) in [6.07, 6.45) is -1.42. The molecular formula is C14H25F3N2. The molecule has 0 aliphatic carbocycles. The maximum absolute atomic E-state index is 13.0. The molecule has 2 rings (SSSR count). The predicted molar refractivity (Wildman–Crippen MR) is 70.0 cm³/mol. The van der Waals surface area contributed by atoms with Gasteiger partial charge in [0.05, 0.1) is 5.92 Å². The molecule has 2 aliphatic rings. The SMILES string of the molecule is CC1(C)CN(CC2CCCNC2)CCC1C(F)(F)F. The molecule has 2 fully saturated rings. The van der Waals surface area contributed by atoms with E-state index in [9.17, 15) is 13.2 Å².